The van der Waals surface area contributed by atoms with Crippen molar-refractivity contribution in [1.29, 1.82) is 0 Å². The lowest BCUT2D eigenvalue weighted by atomic mass is 10.4. The summed E-state index contributed by atoms with van der Waals surface area (Å²) in [5.41, 5.74) is 6.04. The number of rotatable bonds is 5. The Morgan fingerprint density at radius 2 is 2.28 bits per heavy atom. The van der Waals surface area contributed by atoms with Gasteiger partial charge in [-0.3, -0.25) is 0 Å². The highest BCUT2D eigenvalue weighted by molar-refractivity contribution is 7.91. The second kappa shape index (κ2) is 5.87. The summed E-state index contributed by atoms with van der Waals surface area (Å²) in [6.07, 6.45) is 0. The first-order valence-corrected chi connectivity index (χ1v) is 7.68. The Kier molecular flexibility index (Phi) is 4.97. The van der Waals surface area contributed by atoms with E-state index in [-0.39, 0.29) is 23.1 Å². The number of hydrogen-bond acceptors (Lipinski definition) is 5. The molecule has 0 aliphatic carbocycles. The van der Waals surface area contributed by atoms with Gasteiger partial charge in [-0.15, -0.1) is 11.3 Å². The highest BCUT2D eigenvalue weighted by atomic mass is 35.5. The van der Waals surface area contributed by atoms with E-state index in [9.17, 15) is 8.42 Å². The molecular weight excluding hydrogens is 298 g/mol. The van der Waals surface area contributed by atoms with Crippen LogP contribution in [0.15, 0.2) is 15.4 Å². The van der Waals surface area contributed by atoms with Gasteiger partial charge in [0.25, 0.3) is 10.0 Å². The van der Waals surface area contributed by atoms with Gasteiger partial charge in [-0.25, -0.2) is 8.42 Å². The zero-order valence-corrected chi connectivity index (χ0v) is 12.3. The van der Waals surface area contributed by atoms with Gasteiger partial charge in [-0.2, -0.15) is 4.31 Å². The fourth-order valence-corrected chi connectivity index (χ4v) is 4.55. The van der Waals surface area contributed by atoms with Crippen LogP contribution < -0.4 is 5.73 Å². The third kappa shape index (κ3) is 3.14. The van der Waals surface area contributed by atoms with Crippen LogP contribution in [0.1, 0.15) is 12.5 Å². The van der Waals surface area contributed by atoms with E-state index in [1.54, 1.807) is 13.8 Å². The number of amidine groups is 1. The van der Waals surface area contributed by atoms with Crippen molar-refractivity contribution in [2.24, 2.45) is 10.9 Å². The molecule has 0 fully saturated rings. The zero-order chi connectivity index (χ0) is 13.9. The smallest absolute Gasteiger partial charge is 0.253 e. The largest absolute Gasteiger partial charge is 0.409 e. The topological polar surface area (TPSA) is 96.0 Å². The minimum Gasteiger partial charge on any atom is -0.409 e. The monoisotopic (exact) mass is 311 g/mol. The van der Waals surface area contributed by atoms with E-state index in [0.29, 0.717) is 9.90 Å². The maximum absolute atomic E-state index is 12.3. The van der Waals surface area contributed by atoms with Crippen LogP contribution >= 0.6 is 22.9 Å². The molecule has 6 nitrogen and oxygen atoms in total. The van der Waals surface area contributed by atoms with Gasteiger partial charge in [0.15, 0.2) is 5.84 Å². The molecule has 1 heterocycles. The van der Waals surface area contributed by atoms with Crippen molar-refractivity contribution in [3.63, 3.8) is 0 Å². The molecule has 0 saturated carbocycles. The number of oxime groups is 1. The fourth-order valence-electron chi connectivity index (χ4n) is 1.27. The molecule has 0 amide bonds. The normalized spacial score (nSPS) is 13.2. The Morgan fingerprint density at radius 1 is 1.67 bits per heavy atom. The quantitative estimate of drug-likeness (QED) is 0.372. The molecule has 102 valence electrons. The van der Waals surface area contributed by atoms with Gasteiger partial charge in [-0.1, -0.05) is 23.7 Å². The third-order valence-corrected chi connectivity index (χ3v) is 6.17. The molecule has 0 atom stereocenters. The van der Waals surface area contributed by atoms with Crippen molar-refractivity contribution in [3.05, 3.63) is 16.0 Å². The van der Waals surface area contributed by atoms with E-state index in [0.717, 1.165) is 15.6 Å². The Bertz CT molecular complexity index is 534. The van der Waals surface area contributed by atoms with Crippen molar-refractivity contribution in [3.8, 4) is 0 Å². The number of aryl methyl sites for hydroxylation is 1. The van der Waals surface area contributed by atoms with Crippen LogP contribution in [0.5, 0.6) is 0 Å². The van der Waals surface area contributed by atoms with Gasteiger partial charge in [0, 0.05) is 6.54 Å². The average molecular weight is 312 g/mol. The van der Waals surface area contributed by atoms with Gasteiger partial charge in [-0.05, 0) is 18.6 Å². The molecule has 3 N–H and O–H groups in total. The molecule has 0 spiro atoms. The summed E-state index contributed by atoms with van der Waals surface area (Å²) in [7, 11) is -3.66. The second-order valence-electron chi connectivity index (χ2n) is 3.54. The van der Waals surface area contributed by atoms with Crippen molar-refractivity contribution in [2.45, 2.75) is 18.1 Å². The van der Waals surface area contributed by atoms with Crippen LogP contribution in [0.4, 0.5) is 0 Å². The van der Waals surface area contributed by atoms with Crippen LogP contribution in [0.2, 0.25) is 4.34 Å². The Labute approximate surface area is 115 Å². The standard InChI is InChI=1S/C9H14ClN3O3S2/c1-3-13(5-7(11)12-14)18(15,16)8-4-6(2)9(10)17-8/h4,14H,3,5H2,1-2H3,(H2,11,12). The number of hydrogen-bond donors (Lipinski definition) is 2. The second-order valence-corrected chi connectivity index (χ2v) is 7.36. The van der Waals surface area contributed by atoms with Gasteiger partial charge in [0.05, 0.1) is 10.9 Å². The molecule has 0 radical (unpaired) electrons. The maximum Gasteiger partial charge on any atom is 0.253 e. The summed E-state index contributed by atoms with van der Waals surface area (Å²) in [4.78, 5) is 0. The minimum atomic E-state index is -3.66. The number of halogens is 1. The molecule has 9 heteroatoms. The Morgan fingerprint density at radius 3 is 2.67 bits per heavy atom. The van der Waals surface area contributed by atoms with Crippen LogP contribution in [0.3, 0.4) is 0 Å². The molecule has 0 saturated heterocycles. The van der Waals surface area contributed by atoms with Gasteiger partial charge >= 0.3 is 0 Å². The van der Waals surface area contributed by atoms with Gasteiger partial charge in [0.2, 0.25) is 0 Å². The summed E-state index contributed by atoms with van der Waals surface area (Å²) in [6.45, 7) is 3.46. The van der Waals surface area contributed by atoms with E-state index in [1.165, 1.54) is 6.07 Å². The zero-order valence-electron chi connectivity index (χ0n) is 9.92. The lowest BCUT2D eigenvalue weighted by Crippen LogP contribution is -2.38. The van der Waals surface area contributed by atoms with Crippen molar-refractivity contribution < 1.29 is 13.6 Å². The maximum atomic E-state index is 12.3. The Hall–Kier alpha value is -0.830. The number of nitrogens with zero attached hydrogens (tertiary/aromatic N) is 2. The minimum absolute atomic E-state index is 0.151. The van der Waals surface area contributed by atoms with Crippen LogP contribution in [0, 0.1) is 6.92 Å². The molecule has 18 heavy (non-hydrogen) atoms. The molecule has 0 unspecified atom stereocenters. The molecular formula is C9H14ClN3O3S2. The van der Waals surface area contributed by atoms with Crippen molar-refractivity contribution >= 4 is 38.8 Å². The summed E-state index contributed by atoms with van der Waals surface area (Å²) < 4.78 is 26.2. The first-order valence-electron chi connectivity index (χ1n) is 5.05. The number of nitrogens with two attached hydrogens (primary N) is 1. The molecule has 1 rings (SSSR count). The lowest BCUT2D eigenvalue weighted by Gasteiger charge is -2.18. The average Bonchev–Trinajstić information content (AvgIpc) is 2.66. The molecule has 0 aliphatic heterocycles. The predicted molar refractivity (Wildman–Crippen MR) is 71.9 cm³/mol. The van der Waals surface area contributed by atoms with Gasteiger partial charge in [0.1, 0.15) is 4.21 Å². The summed E-state index contributed by atoms with van der Waals surface area (Å²) >= 11 is 6.86. The molecule has 0 bridgehead atoms. The highest BCUT2D eigenvalue weighted by Crippen LogP contribution is 2.31. The molecule has 1 aromatic rings. The summed E-state index contributed by atoms with van der Waals surface area (Å²) in [6, 6.07) is 1.51. The lowest BCUT2D eigenvalue weighted by molar-refractivity contribution is 0.315. The number of thiophene rings is 1. The predicted octanol–water partition coefficient (Wildman–Crippen LogP) is 1.47. The number of sulfonamides is 1. The van der Waals surface area contributed by atoms with Crippen LogP contribution in [0.25, 0.3) is 0 Å². The van der Waals surface area contributed by atoms with Crippen LogP contribution in [-0.4, -0.2) is 36.9 Å². The van der Waals surface area contributed by atoms with E-state index < -0.39 is 10.0 Å². The first-order chi connectivity index (χ1) is 8.32. The van der Waals surface area contributed by atoms with E-state index >= 15 is 0 Å². The number of likely N-dealkylation sites (N-methyl/N-ethyl adjacent to an activating group) is 1. The summed E-state index contributed by atoms with van der Waals surface area (Å²) in [5, 5.41) is 11.3. The molecule has 0 aromatic carbocycles. The van der Waals surface area contributed by atoms with Gasteiger partial charge < -0.3 is 10.9 Å². The Balaban J connectivity index is 3.11. The molecule has 1 aromatic heterocycles. The third-order valence-electron chi connectivity index (χ3n) is 2.25. The SMILES string of the molecule is CCN(CC(N)=NO)S(=O)(=O)c1cc(C)c(Cl)s1. The summed E-state index contributed by atoms with van der Waals surface area (Å²) in [5.74, 6) is -0.167. The van der Waals surface area contributed by atoms with E-state index in [2.05, 4.69) is 5.16 Å². The fraction of sp³-hybridized carbons (Fsp3) is 0.444. The highest BCUT2D eigenvalue weighted by Gasteiger charge is 2.26. The van der Waals surface area contributed by atoms with E-state index in [4.69, 9.17) is 22.5 Å². The van der Waals surface area contributed by atoms with Crippen molar-refractivity contribution in [2.75, 3.05) is 13.1 Å². The van der Waals surface area contributed by atoms with E-state index in [1.807, 2.05) is 0 Å². The van der Waals surface area contributed by atoms with Crippen molar-refractivity contribution in [1.82, 2.24) is 4.31 Å². The van der Waals surface area contributed by atoms with Crippen LogP contribution in [-0.2, 0) is 10.0 Å². The first kappa shape index (κ1) is 15.2. The molecule has 0 aliphatic rings.